The molecule has 3 atom stereocenters. The predicted octanol–water partition coefficient (Wildman–Crippen LogP) is 3.17. The standard InChI is InChI=1S/C16H25FN2O/c1-5-7-11(2)18-16(20)13(4)19-12(3)14-8-6-9-15(17)10-14/h6,8-13,19H,5,7H2,1-4H3,(H,18,20)/t11?,12-,13?/m1/s1. The Morgan fingerprint density at radius 2 is 2.00 bits per heavy atom. The number of rotatable bonds is 7. The van der Waals surface area contributed by atoms with E-state index in [1.165, 1.54) is 12.1 Å². The number of carbonyl (C=O) groups is 1. The lowest BCUT2D eigenvalue weighted by Gasteiger charge is -2.22. The van der Waals surface area contributed by atoms with Crippen LogP contribution in [-0.2, 0) is 4.79 Å². The van der Waals surface area contributed by atoms with Crippen LogP contribution in [-0.4, -0.2) is 18.0 Å². The number of hydrogen-bond acceptors (Lipinski definition) is 2. The molecule has 0 saturated carbocycles. The van der Waals surface area contributed by atoms with Crippen LogP contribution in [0.1, 0.15) is 52.1 Å². The van der Waals surface area contributed by atoms with Gasteiger partial charge in [0.2, 0.25) is 5.91 Å². The van der Waals surface area contributed by atoms with Crippen molar-refractivity contribution in [3.05, 3.63) is 35.6 Å². The Balaban J connectivity index is 2.52. The van der Waals surface area contributed by atoms with Crippen molar-refractivity contribution >= 4 is 5.91 Å². The summed E-state index contributed by atoms with van der Waals surface area (Å²) in [7, 11) is 0. The second-order valence-electron chi connectivity index (χ2n) is 5.36. The van der Waals surface area contributed by atoms with Crippen molar-refractivity contribution in [3.63, 3.8) is 0 Å². The van der Waals surface area contributed by atoms with Crippen molar-refractivity contribution in [2.45, 2.75) is 58.7 Å². The van der Waals surface area contributed by atoms with E-state index >= 15 is 0 Å². The van der Waals surface area contributed by atoms with Crippen LogP contribution in [0.5, 0.6) is 0 Å². The first-order valence-corrected chi connectivity index (χ1v) is 7.26. The maximum Gasteiger partial charge on any atom is 0.237 e. The SMILES string of the molecule is CCCC(C)NC(=O)C(C)N[C@H](C)c1cccc(F)c1. The smallest absolute Gasteiger partial charge is 0.237 e. The maximum atomic E-state index is 13.2. The van der Waals surface area contributed by atoms with Crippen molar-refractivity contribution in [1.82, 2.24) is 10.6 Å². The van der Waals surface area contributed by atoms with Gasteiger partial charge in [-0.05, 0) is 44.9 Å². The van der Waals surface area contributed by atoms with Gasteiger partial charge in [0, 0.05) is 12.1 Å². The number of nitrogens with one attached hydrogen (secondary N) is 2. The van der Waals surface area contributed by atoms with Gasteiger partial charge in [0.1, 0.15) is 5.82 Å². The van der Waals surface area contributed by atoms with Crippen LogP contribution in [0.2, 0.25) is 0 Å². The van der Waals surface area contributed by atoms with Crippen molar-refractivity contribution < 1.29 is 9.18 Å². The summed E-state index contributed by atoms with van der Waals surface area (Å²) in [5, 5.41) is 6.17. The summed E-state index contributed by atoms with van der Waals surface area (Å²) in [4.78, 5) is 12.0. The van der Waals surface area contributed by atoms with E-state index in [4.69, 9.17) is 0 Å². The summed E-state index contributed by atoms with van der Waals surface area (Å²) in [6.45, 7) is 7.85. The summed E-state index contributed by atoms with van der Waals surface area (Å²) in [6.07, 6.45) is 2.01. The van der Waals surface area contributed by atoms with Gasteiger partial charge in [-0.15, -0.1) is 0 Å². The van der Waals surface area contributed by atoms with Crippen LogP contribution in [0.25, 0.3) is 0 Å². The van der Waals surface area contributed by atoms with Crippen LogP contribution in [0.15, 0.2) is 24.3 Å². The van der Waals surface area contributed by atoms with Crippen LogP contribution < -0.4 is 10.6 Å². The van der Waals surface area contributed by atoms with E-state index in [1.807, 2.05) is 26.8 Å². The molecule has 1 amide bonds. The van der Waals surface area contributed by atoms with E-state index < -0.39 is 0 Å². The number of benzene rings is 1. The Bertz CT molecular complexity index is 436. The van der Waals surface area contributed by atoms with Crippen molar-refractivity contribution in [2.75, 3.05) is 0 Å². The Labute approximate surface area is 121 Å². The molecule has 1 rings (SSSR count). The first-order valence-electron chi connectivity index (χ1n) is 7.26. The molecule has 0 bridgehead atoms. The summed E-state index contributed by atoms with van der Waals surface area (Å²) >= 11 is 0. The van der Waals surface area contributed by atoms with E-state index in [2.05, 4.69) is 17.6 Å². The first-order chi connectivity index (χ1) is 9.43. The lowest BCUT2D eigenvalue weighted by atomic mass is 10.1. The number of amides is 1. The highest BCUT2D eigenvalue weighted by atomic mass is 19.1. The lowest BCUT2D eigenvalue weighted by molar-refractivity contribution is -0.123. The molecule has 0 aliphatic heterocycles. The molecule has 0 fully saturated rings. The van der Waals surface area contributed by atoms with Gasteiger partial charge in [-0.25, -0.2) is 4.39 Å². The summed E-state index contributed by atoms with van der Waals surface area (Å²) in [6, 6.07) is 6.23. The minimum atomic E-state index is -0.312. The van der Waals surface area contributed by atoms with Crippen molar-refractivity contribution in [2.24, 2.45) is 0 Å². The molecule has 112 valence electrons. The monoisotopic (exact) mass is 280 g/mol. The second-order valence-corrected chi connectivity index (χ2v) is 5.36. The fourth-order valence-electron chi connectivity index (χ4n) is 2.20. The third-order valence-corrected chi connectivity index (χ3v) is 3.35. The topological polar surface area (TPSA) is 41.1 Å². The van der Waals surface area contributed by atoms with E-state index in [9.17, 15) is 9.18 Å². The molecule has 0 aromatic heterocycles. The van der Waals surface area contributed by atoms with E-state index in [-0.39, 0.29) is 29.8 Å². The molecule has 0 aliphatic rings. The molecule has 0 radical (unpaired) electrons. The van der Waals surface area contributed by atoms with Crippen molar-refractivity contribution in [3.8, 4) is 0 Å². The minimum absolute atomic E-state index is 0.0193. The highest BCUT2D eigenvalue weighted by molar-refractivity contribution is 5.81. The third kappa shape index (κ3) is 5.29. The van der Waals surface area contributed by atoms with Crippen LogP contribution in [0, 0.1) is 5.82 Å². The summed E-state index contributed by atoms with van der Waals surface area (Å²) in [5.41, 5.74) is 0.839. The molecule has 4 heteroatoms. The van der Waals surface area contributed by atoms with Crippen LogP contribution in [0.3, 0.4) is 0 Å². The van der Waals surface area contributed by atoms with Gasteiger partial charge in [0.05, 0.1) is 6.04 Å². The molecule has 1 aromatic rings. The van der Waals surface area contributed by atoms with Gasteiger partial charge in [-0.2, -0.15) is 0 Å². The molecule has 3 nitrogen and oxygen atoms in total. The Morgan fingerprint density at radius 1 is 1.30 bits per heavy atom. The Kier molecular flexibility index (Phi) is 6.65. The van der Waals surface area contributed by atoms with E-state index in [0.29, 0.717) is 0 Å². The fourth-order valence-corrected chi connectivity index (χ4v) is 2.20. The van der Waals surface area contributed by atoms with Gasteiger partial charge < -0.3 is 5.32 Å². The zero-order valence-corrected chi connectivity index (χ0v) is 12.7. The molecule has 2 unspecified atom stereocenters. The maximum absolute atomic E-state index is 13.2. The molecule has 0 heterocycles. The van der Waals surface area contributed by atoms with Gasteiger partial charge in [-0.1, -0.05) is 25.5 Å². The molecular weight excluding hydrogens is 255 g/mol. The van der Waals surface area contributed by atoms with Crippen molar-refractivity contribution in [1.29, 1.82) is 0 Å². The number of carbonyl (C=O) groups excluding carboxylic acids is 1. The number of hydrogen-bond donors (Lipinski definition) is 2. The molecule has 0 spiro atoms. The quantitative estimate of drug-likeness (QED) is 0.805. The van der Waals surface area contributed by atoms with Crippen LogP contribution >= 0.6 is 0 Å². The third-order valence-electron chi connectivity index (χ3n) is 3.35. The van der Waals surface area contributed by atoms with Crippen LogP contribution in [0.4, 0.5) is 4.39 Å². The van der Waals surface area contributed by atoms with Gasteiger partial charge in [0.25, 0.3) is 0 Å². The average molecular weight is 280 g/mol. The highest BCUT2D eigenvalue weighted by Crippen LogP contribution is 2.14. The number of halogens is 1. The molecule has 0 saturated heterocycles. The fraction of sp³-hybridized carbons (Fsp3) is 0.562. The zero-order chi connectivity index (χ0) is 15.1. The summed E-state index contributed by atoms with van der Waals surface area (Å²) in [5.74, 6) is -0.279. The minimum Gasteiger partial charge on any atom is -0.352 e. The van der Waals surface area contributed by atoms with Gasteiger partial charge in [0.15, 0.2) is 0 Å². The Hall–Kier alpha value is -1.42. The largest absolute Gasteiger partial charge is 0.352 e. The molecule has 0 aliphatic carbocycles. The molecule has 2 N–H and O–H groups in total. The van der Waals surface area contributed by atoms with Gasteiger partial charge in [-0.3, -0.25) is 10.1 Å². The highest BCUT2D eigenvalue weighted by Gasteiger charge is 2.17. The van der Waals surface area contributed by atoms with E-state index in [1.54, 1.807) is 6.07 Å². The second kappa shape index (κ2) is 8.00. The zero-order valence-electron chi connectivity index (χ0n) is 12.7. The average Bonchev–Trinajstić information content (AvgIpc) is 2.38. The molecular formula is C16H25FN2O. The lowest BCUT2D eigenvalue weighted by Crippen LogP contribution is -2.46. The predicted molar refractivity (Wildman–Crippen MR) is 79.9 cm³/mol. The summed E-state index contributed by atoms with van der Waals surface area (Å²) < 4.78 is 13.2. The molecule has 20 heavy (non-hydrogen) atoms. The first kappa shape index (κ1) is 16.6. The Morgan fingerprint density at radius 3 is 2.60 bits per heavy atom. The normalized spacial score (nSPS) is 15.4. The van der Waals surface area contributed by atoms with Gasteiger partial charge >= 0.3 is 0 Å². The van der Waals surface area contributed by atoms with E-state index in [0.717, 1.165) is 18.4 Å². The molecule has 1 aromatic carbocycles.